The molecule has 2 fully saturated rings. The minimum Gasteiger partial charge on any atom is -0.356 e. The highest BCUT2D eigenvalue weighted by Gasteiger charge is 2.28. The molecule has 24 heavy (non-hydrogen) atoms. The first-order valence-corrected chi connectivity index (χ1v) is 9.97. The zero-order valence-electron chi connectivity index (χ0n) is 16.1. The van der Waals surface area contributed by atoms with Gasteiger partial charge in [-0.1, -0.05) is 33.3 Å². The van der Waals surface area contributed by atoms with Crippen LogP contribution < -0.4 is 4.90 Å². The van der Waals surface area contributed by atoms with Crippen LogP contribution in [0, 0.1) is 6.92 Å². The van der Waals surface area contributed by atoms with Gasteiger partial charge in [-0.25, -0.2) is 4.98 Å². The first-order chi connectivity index (χ1) is 11.5. The number of rotatable bonds is 5. The lowest BCUT2D eigenvalue weighted by atomic mass is 9.81. The van der Waals surface area contributed by atoms with E-state index in [2.05, 4.69) is 49.8 Å². The van der Waals surface area contributed by atoms with Gasteiger partial charge in [0.05, 0.1) is 0 Å². The molecule has 0 aliphatic carbocycles. The molecule has 0 bridgehead atoms. The number of aromatic nitrogens is 1. The second-order valence-electron chi connectivity index (χ2n) is 8.46. The van der Waals surface area contributed by atoms with Crippen LogP contribution in [0.25, 0.3) is 0 Å². The molecule has 2 aliphatic heterocycles. The second kappa shape index (κ2) is 7.43. The maximum atomic E-state index is 4.89. The Balaban J connectivity index is 1.65. The number of anilines is 1. The van der Waals surface area contributed by atoms with E-state index >= 15 is 0 Å². The smallest absolute Gasteiger partial charge is 0.131 e. The lowest BCUT2D eigenvalue weighted by molar-refractivity contribution is 0.207. The molecular formula is C21H35N3. The molecule has 3 nitrogen and oxygen atoms in total. The third-order valence-electron chi connectivity index (χ3n) is 6.13. The first-order valence-electron chi connectivity index (χ1n) is 9.97. The lowest BCUT2D eigenvalue weighted by Gasteiger charge is -2.38. The average molecular weight is 330 g/mol. The molecule has 0 N–H and O–H groups in total. The first kappa shape index (κ1) is 17.7. The van der Waals surface area contributed by atoms with Crippen molar-refractivity contribution in [3.05, 3.63) is 23.4 Å². The molecule has 1 aromatic heterocycles. The molecule has 2 saturated heterocycles. The summed E-state index contributed by atoms with van der Waals surface area (Å²) in [4.78, 5) is 10.1. The van der Waals surface area contributed by atoms with Crippen molar-refractivity contribution in [3.8, 4) is 0 Å². The Labute approximate surface area is 148 Å². The van der Waals surface area contributed by atoms with Gasteiger partial charge < -0.3 is 9.80 Å². The maximum Gasteiger partial charge on any atom is 0.131 e. The predicted molar refractivity (Wildman–Crippen MR) is 103 cm³/mol. The molecule has 134 valence electrons. The zero-order valence-corrected chi connectivity index (χ0v) is 16.1. The summed E-state index contributed by atoms with van der Waals surface area (Å²) < 4.78 is 0. The van der Waals surface area contributed by atoms with Gasteiger partial charge >= 0.3 is 0 Å². The number of hydrogen-bond acceptors (Lipinski definition) is 3. The number of aryl methyl sites for hydroxylation is 1. The third kappa shape index (κ3) is 3.77. The molecule has 0 spiro atoms. The molecule has 2 aliphatic rings. The van der Waals surface area contributed by atoms with Crippen LogP contribution in [0.1, 0.15) is 70.4 Å². The summed E-state index contributed by atoms with van der Waals surface area (Å²) in [6, 6.07) is 3.19. The fraction of sp³-hybridized carbons (Fsp3) is 0.762. The summed E-state index contributed by atoms with van der Waals surface area (Å²) in [6.07, 6.45) is 9.96. The minimum atomic E-state index is 0.230. The second-order valence-corrected chi connectivity index (χ2v) is 8.46. The van der Waals surface area contributed by atoms with Crippen molar-refractivity contribution in [2.45, 2.75) is 77.7 Å². The summed E-state index contributed by atoms with van der Waals surface area (Å²) in [5, 5.41) is 0. The van der Waals surface area contributed by atoms with Gasteiger partial charge in [0.25, 0.3) is 0 Å². The van der Waals surface area contributed by atoms with Gasteiger partial charge in [0, 0.05) is 25.3 Å². The van der Waals surface area contributed by atoms with E-state index < -0.39 is 0 Å². The summed E-state index contributed by atoms with van der Waals surface area (Å²) in [7, 11) is 0. The van der Waals surface area contributed by atoms with Gasteiger partial charge in [0.2, 0.25) is 0 Å². The molecule has 1 aromatic rings. The number of likely N-dealkylation sites (tertiary alicyclic amines) is 1. The SMILES string of the molecule is CCCC(C)(C)c1cnc(N2CCC(N3CCCC3)CC2)c(C)c1. The van der Waals surface area contributed by atoms with E-state index in [-0.39, 0.29) is 5.41 Å². The molecule has 0 aromatic carbocycles. The van der Waals surface area contributed by atoms with Crippen LogP contribution in [0.15, 0.2) is 12.3 Å². The van der Waals surface area contributed by atoms with E-state index in [9.17, 15) is 0 Å². The Bertz CT molecular complexity index is 538. The molecule has 0 atom stereocenters. The van der Waals surface area contributed by atoms with Gasteiger partial charge in [0.15, 0.2) is 0 Å². The quantitative estimate of drug-likeness (QED) is 0.791. The topological polar surface area (TPSA) is 19.4 Å². The van der Waals surface area contributed by atoms with Gasteiger partial charge in [-0.2, -0.15) is 0 Å². The van der Waals surface area contributed by atoms with Crippen molar-refractivity contribution in [2.75, 3.05) is 31.1 Å². The normalized spacial score (nSPS) is 20.8. The van der Waals surface area contributed by atoms with Crippen LogP contribution in [0.2, 0.25) is 0 Å². The van der Waals surface area contributed by atoms with Crippen LogP contribution in [0.5, 0.6) is 0 Å². The Kier molecular flexibility index (Phi) is 5.49. The Morgan fingerprint density at radius 1 is 1.12 bits per heavy atom. The number of nitrogens with zero attached hydrogens (tertiary/aromatic N) is 3. The van der Waals surface area contributed by atoms with E-state index in [0.717, 1.165) is 19.1 Å². The Morgan fingerprint density at radius 3 is 2.38 bits per heavy atom. The van der Waals surface area contributed by atoms with Gasteiger partial charge in [-0.05, 0) is 68.7 Å². The lowest BCUT2D eigenvalue weighted by Crippen LogP contribution is -2.44. The van der Waals surface area contributed by atoms with E-state index in [4.69, 9.17) is 4.98 Å². The number of pyridine rings is 1. The number of hydrogen-bond donors (Lipinski definition) is 0. The summed E-state index contributed by atoms with van der Waals surface area (Å²) >= 11 is 0. The molecule has 0 saturated carbocycles. The Hall–Kier alpha value is -1.09. The van der Waals surface area contributed by atoms with E-state index in [0.29, 0.717) is 0 Å². The van der Waals surface area contributed by atoms with E-state index in [1.54, 1.807) is 0 Å². The van der Waals surface area contributed by atoms with E-state index in [1.165, 1.54) is 68.6 Å². The number of piperidine rings is 1. The largest absolute Gasteiger partial charge is 0.356 e. The summed E-state index contributed by atoms with van der Waals surface area (Å²) in [5.74, 6) is 1.21. The highest BCUT2D eigenvalue weighted by molar-refractivity contribution is 5.48. The van der Waals surface area contributed by atoms with Crippen molar-refractivity contribution in [3.63, 3.8) is 0 Å². The Morgan fingerprint density at radius 2 is 1.79 bits per heavy atom. The average Bonchev–Trinajstić information content (AvgIpc) is 3.09. The minimum absolute atomic E-state index is 0.230. The van der Waals surface area contributed by atoms with Crippen molar-refractivity contribution in [1.29, 1.82) is 0 Å². The van der Waals surface area contributed by atoms with Crippen LogP contribution in [-0.4, -0.2) is 42.1 Å². The summed E-state index contributed by atoms with van der Waals surface area (Å²) in [6.45, 7) is 14.1. The van der Waals surface area contributed by atoms with Crippen LogP contribution >= 0.6 is 0 Å². The molecule has 3 heteroatoms. The van der Waals surface area contributed by atoms with Crippen molar-refractivity contribution < 1.29 is 0 Å². The molecule has 0 radical (unpaired) electrons. The fourth-order valence-corrected chi connectivity index (χ4v) is 4.59. The third-order valence-corrected chi connectivity index (χ3v) is 6.13. The van der Waals surface area contributed by atoms with Gasteiger partial charge in [-0.15, -0.1) is 0 Å². The predicted octanol–water partition coefficient (Wildman–Crippen LogP) is 4.53. The zero-order chi connectivity index (χ0) is 17.2. The van der Waals surface area contributed by atoms with Crippen LogP contribution in [0.3, 0.4) is 0 Å². The molecular weight excluding hydrogens is 294 g/mol. The monoisotopic (exact) mass is 329 g/mol. The van der Waals surface area contributed by atoms with Crippen molar-refractivity contribution in [1.82, 2.24) is 9.88 Å². The van der Waals surface area contributed by atoms with Crippen LogP contribution in [-0.2, 0) is 5.41 Å². The molecule has 0 unspecified atom stereocenters. The molecule has 0 amide bonds. The maximum absolute atomic E-state index is 4.89. The van der Waals surface area contributed by atoms with Crippen molar-refractivity contribution >= 4 is 5.82 Å². The fourth-order valence-electron chi connectivity index (χ4n) is 4.59. The molecule has 3 heterocycles. The van der Waals surface area contributed by atoms with E-state index in [1.807, 2.05) is 0 Å². The van der Waals surface area contributed by atoms with Gasteiger partial charge in [-0.3, -0.25) is 0 Å². The van der Waals surface area contributed by atoms with Gasteiger partial charge in [0.1, 0.15) is 5.82 Å². The highest BCUT2D eigenvalue weighted by atomic mass is 15.2. The molecule has 3 rings (SSSR count). The van der Waals surface area contributed by atoms with Crippen LogP contribution in [0.4, 0.5) is 5.82 Å². The van der Waals surface area contributed by atoms with Crippen molar-refractivity contribution in [2.24, 2.45) is 0 Å². The highest BCUT2D eigenvalue weighted by Crippen LogP contribution is 2.31. The summed E-state index contributed by atoms with van der Waals surface area (Å²) in [5.41, 5.74) is 2.96. The standard InChI is InChI=1S/C21H35N3/c1-5-10-21(3,4)18-15-17(2)20(22-16-18)24-13-8-19(9-14-24)23-11-6-7-12-23/h15-16,19H,5-14H2,1-4H3.